The number of hydrogen-bond acceptors (Lipinski definition) is 4. The van der Waals surface area contributed by atoms with Gasteiger partial charge in [0.05, 0.1) is 0 Å². The SMILES string of the molecule is COC(C)OC(=O)/C=C/c1ccc(O)cc1C. The highest BCUT2D eigenvalue weighted by Crippen LogP contribution is 2.16. The summed E-state index contributed by atoms with van der Waals surface area (Å²) in [6.07, 6.45) is 2.40. The molecule has 0 radical (unpaired) electrons. The molecule has 1 rings (SSSR count). The van der Waals surface area contributed by atoms with Crippen LogP contribution in [0.1, 0.15) is 18.1 Å². The van der Waals surface area contributed by atoms with Gasteiger partial charge in [-0.2, -0.15) is 0 Å². The first-order valence-electron chi connectivity index (χ1n) is 5.24. The fourth-order valence-corrected chi connectivity index (χ4v) is 1.26. The number of ether oxygens (including phenoxy) is 2. The molecule has 0 saturated heterocycles. The highest BCUT2D eigenvalue weighted by atomic mass is 16.7. The lowest BCUT2D eigenvalue weighted by Crippen LogP contribution is -2.14. The number of aromatic hydroxyl groups is 1. The molecule has 0 heterocycles. The zero-order valence-electron chi connectivity index (χ0n) is 10.1. The van der Waals surface area contributed by atoms with Crippen molar-refractivity contribution in [2.45, 2.75) is 20.1 Å². The molecule has 1 aromatic carbocycles. The Morgan fingerprint density at radius 1 is 1.47 bits per heavy atom. The Hall–Kier alpha value is -1.81. The van der Waals surface area contributed by atoms with E-state index < -0.39 is 12.3 Å². The first-order valence-corrected chi connectivity index (χ1v) is 5.24. The van der Waals surface area contributed by atoms with Gasteiger partial charge >= 0.3 is 5.97 Å². The van der Waals surface area contributed by atoms with Gasteiger partial charge in [0.2, 0.25) is 0 Å². The second-order valence-corrected chi connectivity index (χ2v) is 3.61. The van der Waals surface area contributed by atoms with E-state index in [4.69, 9.17) is 9.47 Å². The summed E-state index contributed by atoms with van der Waals surface area (Å²) < 4.78 is 9.69. The van der Waals surface area contributed by atoms with E-state index in [2.05, 4.69) is 0 Å². The van der Waals surface area contributed by atoms with Crippen LogP contribution in [0.2, 0.25) is 0 Å². The molecule has 0 aromatic heterocycles. The monoisotopic (exact) mass is 236 g/mol. The molecule has 0 amide bonds. The summed E-state index contributed by atoms with van der Waals surface area (Å²) >= 11 is 0. The van der Waals surface area contributed by atoms with Gasteiger partial charge < -0.3 is 14.6 Å². The summed E-state index contributed by atoms with van der Waals surface area (Å²) in [5, 5.41) is 9.23. The molecule has 1 N–H and O–H groups in total. The molecule has 4 nitrogen and oxygen atoms in total. The van der Waals surface area contributed by atoms with Crippen LogP contribution in [-0.4, -0.2) is 24.5 Å². The van der Waals surface area contributed by atoms with Crippen LogP contribution in [-0.2, 0) is 14.3 Å². The van der Waals surface area contributed by atoms with Gasteiger partial charge in [0.15, 0.2) is 6.29 Å². The largest absolute Gasteiger partial charge is 0.508 e. The minimum atomic E-state index is -0.562. The van der Waals surface area contributed by atoms with Crippen LogP contribution < -0.4 is 0 Å². The van der Waals surface area contributed by atoms with Gasteiger partial charge in [0.1, 0.15) is 5.75 Å². The van der Waals surface area contributed by atoms with E-state index in [9.17, 15) is 9.90 Å². The third kappa shape index (κ3) is 4.28. The van der Waals surface area contributed by atoms with Crippen LogP contribution in [0.15, 0.2) is 24.3 Å². The molecule has 1 atom stereocenters. The number of carbonyl (C=O) groups is 1. The molecule has 4 heteroatoms. The Kier molecular flexibility index (Phi) is 4.72. The van der Waals surface area contributed by atoms with Gasteiger partial charge in [-0.3, -0.25) is 0 Å². The average molecular weight is 236 g/mol. The van der Waals surface area contributed by atoms with E-state index in [1.54, 1.807) is 31.2 Å². The van der Waals surface area contributed by atoms with Crippen LogP contribution >= 0.6 is 0 Å². The van der Waals surface area contributed by atoms with Crippen LogP contribution in [0.25, 0.3) is 6.08 Å². The minimum absolute atomic E-state index is 0.204. The lowest BCUT2D eigenvalue weighted by Gasteiger charge is -2.08. The Morgan fingerprint density at radius 2 is 2.18 bits per heavy atom. The van der Waals surface area contributed by atoms with Gasteiger partial charge in [-0.05, 0) is 43.2 Å². The molecule has 92 valence electrons. The first-order chi connectivity index (χ1) is 8.02. The predicted octanol–water partition coefficient (Wildman–Crippen LogP) is 2.25. The topological polar surface area (TPSA) is 55.8 Å². The van der Waals surface area contributed by atoms with E-state index in [0.717, 1.165) is 11.1 Å². The lowest BCUT2D eigenvalue weighted by atomic mass is 10.1. The minimum Gasteiger partial charge on any atom is -0.508 e. The summed E-state index contributed by atoms with van der Waals surface area (Å²) in [4.78, 5) is 11.3. The molecule has 0 spiro atoms. The molecule has 0 saturated carbocycles. The maximum atomic E-state index is 11.3. The van der Waals surface area contributed by atoms with E-state index in [-0.39, 0.29) is 5.75 Å². The van der Waals surface area contributed by atoms with Crippen LogP contribution in [0.5, 0.6) is 5.75 Å². The molecule has 1 aromatic rings. The van der Waals surface area contributed by atoms with Gasteiger partial charge in [0, 0.05) is 13.2 Å². The number of methoxy groups -OCH3 is 1. The second-order valence-electron chi connectivity index (χ2n) is 3.61. The van der Waals surface area contributed by atoms with Crippen molar-refractivity contribution in [3.8, 4) is 5.75 Å². The van der Waals surface area contributed by atoms with Gasteiger partial charge in [-0.1, -0.05) is 6.07 Å². The Bertz CT molecular complexity index is 423. The molecule has 17 heavy (non-hydrogen) atoms. The van der Waals surface area contributed by atoms with E-state index in [1.807, 2.05) is 6.92 Å². The fraction of sp³-hybridized carbons (Fsp3) is 0.308. The lowest BCUT2D eigenvalue weighted by molar-refractivity contribution is -0.163. The molecular weight excluding hydrogens is 220 g/mol. The molecule has 0 bridgehead atoms. The summed E-state index contributed by atoms with van der Waals surface area (Å²) in [6.45, 7) is 3.49. The Labute approximate surface area is 100 Å². The Balaban J connectivity index is 2.67. The van der Waals surface area contributed by atoms with Crippen molar-refractivity contribution in [1.29, 1.82) is 0 Å². The summed E-state index contributed by atoms with van der Waals surface area (Å²) in [5.74, 6) is -0.262. The van der Waals surface area contributed by atoms with Crippen molar-refractivity contribution in [3.05, 3.63) is 35.4 Å². The number of rotatable bonds is 4. The number of esters is 1. The molecular formula is C13H16O4. The standard InChI is InChI=1S/C13H16O4/c1-9-8-12(14)6-4-11(9)5-7-13(15)17-10(2)16-3/h4-8,10,14H,1-3H3/b7-5+. The number of phenols is 1. The van der Waals surface area contributed by atoms with Crippen molar-refractivity contribution in [2.24, 2.45) is 0 Å². The van der Waals surface area contributed by atoms with Crippen molar-refractivity contribution >= 4 is 12.0 Å². The molecule has 0 fully saturated rings. The zero-order chi connectivity index (χ0) is 12.8. The van der Waals surface area contributed by atoms with Gasteiger partial charge in [-0.15, -0.1) is 0 Å². The van der Waals surface area contributed by atoms with E-state index >= 15 is 0 Å². The predicted molar refractivity (Wildman–Crippen MR) is 64.4 cm³/mol. The maximum Gasteiger partial charge on any atom is 0.333 e. The molecule has 1 unspecified atom stereocenters. The van der Waals surface area contributed by atoms with Crippen LogP contribution in [0.4, 0.5) is 0 Å². The Morgan fingerprint density at radius 3 is 2.76 bits per heavy atom. The number of carbonyl (C=O) groups excluding carboxylic acids is 1. The fourth-order valence-electron chi connectivity index (χ4n) is 1.26. The van der Waals surface area contributed by atoms with E-state index in [1.165, 1.54) is 13.2 Å². The van der Waals surface area contributed by atoms with Gasteiger partial charge in [-0.25, -0.2) is 4.79 Å². The number of aryl methyl sites for hydroxylation is 1. The normalized spacial score (nSPS) is 12.6. The quantitative estimate of drug-likeness (QED) is 0.495. The highest BCUT2D eigenvalue weighted by molar-refractivity contribution is 5.87. The van der Waals surface area contributed by atoms with Crippen LogP contribution in [0, 0.1) is 6.92 Å². The smallest absolute Gasteiger partial charge is 0.333 e. The van der Waals surface area contributed by atoms with Crippen molar-refractivity contribution in [1.82, 2.24) is 0 Å². The average Bonchev–Trinajstić information content (AvgIpc) is 2.27. The van der Waals surface area contributed by atoms with Gasteiger partial charge in [0.25, 0.3) is 0 Å². The van der Waals surface area contributed by atoms with Crippen molar-refractivity contribution in [3.63, 3.8) is 0 Å². The van der Waals surface area contributed by atoms with Crippen LogP contribution in [0.3, 0.4) is 0 Å². The molecule has 0 aliphatic heterocycles. The highest BCUT2D eigenvalue weighted by Gasteiger charge is 2.04. The van der Waals surface area contributed by atoms with Crippen molar-refractivity contribution in [2.75, 3.05) is 7.11 Å². The first kappa shape index (κ1) is 13.3. The van der Waals surface area contributed by atoms with E-state index in [0.29, 0.717) is 0 Å². The number of phenolic OH excluding ortho intramolecular Hbond substituents is 1. The maximum absolute atomic E-state index is 11.3. The molecule has 0 aliphatic rings. The van der Waals surface area contributed by atoms with Crippen molar-refractivity contribution < 1.29 is 19.4 Å². The third-order valence-corrected chi connectivity index (χ3v) is 2.27. The summed E-state index contributed by atoms with van der Waals surface area (Å²) in [6, 6.07) is 4.92. The third-order valence-electron chi connectivity index (χ3n) is 2.27. The second kappa shape index (κ2) is 6.06. The molecule has 0 aliphatic carbocycles. The number of benzene rings is 1. The zero-order valence-corrected chi connectivity index (χ0v) is 10.1. The summed E-state index contributed by atoms with van der Waals surface area (Å²) in [5.41, 5.74) is 1.73. The summed E-state index contributed by atoms with van der Waals surface area (Å²) in [7, 11) is 1.46. The number of hydrogen-bond donors (Lipinski definition) is 1.